The fourth-order valence-corrected chi connectivity index (χ4v) is 4.20. The third-order valence-electron chi connectivity index (χ3n) is 5.42. The number of aliphatic hydroxyl groups excluding tert-OH is 1. The van der Waals surface area contributed by atoms with Crippen molar-refractivity contribution < 1.29 is 9.84 Å². The van der Waals surface area contributed by atoms with E-state index in [2.05, 4.69) is 29.2 Å². The van der Waals surface area contributed by atoms with Crippen LogP contribution in [0.15, 0.2) is 30.3 Å². The van der Waals surface area contributed by atoms with Gasteiger partial charge in [0.1, 0.15) is 0 Å². The number of rotatable bonds is 6. The summed E-state index contributed by atoms with van der Waals surface area (Å²) in [5.74, 6) is 0. The fraction of sp³-hybridized carbons (Fsp3) is 0.684. The summed E-state index contributed by atoms with van der Waals surface area (Å²) in [7, 11) is 0. The second-order valence-corrected chi connectivity index (χ2v) is 7.04. The highest BCUT2D eigenvalue weighted by Crippen LogP contribution is 2.44. The molecular weight excluding hydrogens is 274 g/mol. The van der Waals surface area contributed by atoms with Gasteiger partial charge < -0.3 is 14.7 Å². The Morgan fingerprint density at radius 1 is 1.18 bits per heavy atom. The minimum atomic E-state index is -0.0652. The van der Waals surface area contributed by atoms with Crippen LogP contribution in [0.5, 0.6) is 0 Å². The van der Waals surface area contributed by atoms with Crippen molar-refractivity contribution in [1.82, 2.24) is 4.90 Å². The lowest BCUT2D eigenvalue weighted by Gasteiger charge is -2.42. The van der Waals surface area contributed by atoms with Crippen molar-refractivity contribution in [2.75, 3.05) is 26.2 Å². The van der Waals surface area contributed by atoms with Crippen LogP contribution in [0.25, 0.3) is 0 Å². The molecule has 1 aliphatic heterocycles. The lowest BCUT2D eigenvalue weighted by atomic mass is 9.76. The molecule has 0 radical (unpaired) electrons. The zero-order valence-corrected chi connectivity index (χ0v) is 13.5. The molecule has 0 bridgehead atoms. The first-order valence-corrected chi connectivity index (χ1v) is 8.81. The number of piperidine rings is 1. The van der Waals surface area contributed by atoms with Crippen LogP contribution in [0.2, 0.25) is 0 Å². The van der Waals surface area contributed by atoms with Crippen molar-refractivity contribution >= 4 is 0 Å². The Balaban J connectivity index is 1.35. The Kier molecular flexibility index (Phi) is 5.51. The van der Waals surface area contributed by atoms with Gasteiger partial charge in [-0.15, -0.1) is 0 Å². The Morgan fingerprint density at radius 2 is 2.00 bits per heavy atom. The molecule has 1 saturated carbocycles. The molecule has 1 spiro atoms. The molecule has 22 heavy (non-hydrogen) atoms. The maximum atomic E-state index is 10.3. The zero-order chi connectivity index (χ0) is 15.3. The van der Waals surface area contributed by atoms with Gasteiger partial charge in [0.15, 0.2) is 0 Å². The summed E-state index contributed by atoms with van der Waals surface area (Å²) in [5, 5.41) is 10.3. The summed E-state index contributed by atoms with van der Waals surface area (Å²) in [4.78, 5) is 2.55. The van der Waals surface area contributed by atoms with Gasteiger partial charge in [-0.1, -0.05) is 36.8 Å². The smallest absolute Gasteiger partial charge is 0.0716 e. The standard InChI is InChI=1S/C19H29NO2/c21-18-9-4-10-19(18)11-5-12-20(16-19)13-6-14-22-15-17-7-2-1-3-8-17/h1-3,7-8,18,21H,4-6,9-16H2/t18-,19-/m1/s1. The average Bonchev–Trinajstić information content (AvgIpc) is 2.88. The molecule has 1 aliphatic carbocycles. The van der Waals surface area contributed by atoms with Crippen molar-refractivity contribution in [2.45, 2.75) is 51.2 Å². The van der Waals surface area contributed by atoms with Crippen LogP contribution in [-0.2, 0) is 11.3 Å². The van der Waals surface area contributed by atoms with Gasteiger partial charge in [0.25, 0.3) is 0 Å². The number of aliphatic hydroxyl groups is 1. The van der Waals surface area contributed by atoms with E-state index in [1.165, 1.54) is 37.8 Å². The second-order valence-electron chi connectivity index (χ2n) is 7.04. The predicted octanol–water partition coefficient (Wildman–Crippen LogP) is 3.22. The van der Waals surface area contributed by atoms with Crippen LogP contribution in [-0.4, -0.2) is 42.4 Å². The van der Waals surface area contributed by atoms with Gasteiger partial charge in [0.2, 0.25) is 0 Å². The monoisotopic (exact) mass is 303 g/mol. The van der Waals surface area contributed by atoms with Crippen LogP contribution in [0.1, 0.15) is 44.1 Å². The molecule has 1 N–H and O–H groups in total. The van der Waals surface area contributed by atoms with Crippen LogP contribution >= 0.6 is 0 Å². The van der Waals surface area contributed by atoms with E-state index in [1.807, 2.05) is 6.07 Å². The fourth-order valence-electron chi connectivity index (χ4n) is 4.20. The lowest BCUT2D eigenvalue weighted by Crippen LogP contribution is -2.47. The van der Waals surface area contributed by atoms with Crippen LogP contribution in [0.4, 0.5) is 0 Å². The second kappa shape index (κ2) is 7.58. The first-order chi connectivity index (χ1) is 10.8. The van der Waals surface area contributed by atoms with Crippen LogP contribution in [0.3, 0.4) is 0 Å². The van der Waals surface area contributed by atoms with E-state index in [-0.39, 0.29) is 11.5 Å². The molecule has 3 nitrogen and oxygen atoms in total. The third-order valence-corrected chi connectivity index (χ3v) is 5.42. The van der Waals surface area contributed by atoms with Gasteiger partial charge in [-0.25, -0.2) is 0 Å². The van der Waals surface area contributed by atoms with Crippen LogP contribution < -0.4 is 0 Å². The summed E-state index contributed by atoms with van der Waals surface area (Å²) in [6.07, 6.45) is 6.90. The van der Waals surface area contributed by atoms with E-state index >= 15 is 0 Å². The Bertz CT molecular complexity index is 450. The quantitative estimate of drug-likeness (QED) is 0.819. The molecule has 1 heterocycles. The third kappa shape index (κ3) is 3.89. The van der Waals surface area contributed by atoms with Gasteiger partial charge in [-0.05, 0) is 44.2 Å². The maximum Gasteiger partial charge on any atom is 0.0716 e. The van der Waals surface area contributed by atoms with Gasteiger partial charge in [-0.3, -0.25) is 0 Å². The maximum absolute atomic E-state index is 10.3. The molecule has 0 aromatic heterocycles. The molecule has 3 heteroatoms. The summed E-state index contributed by atoms with van der Waals surface area (Å²) in [6, 6.07) is 10.4. The predicted molar refractivity (Wildman–Crippen MR) is 88.7 cm³/mol. The van der Waals surface area contributed by atoms with E-state index in [4.69, 9.17) is 4.74 Å². The Hall–Kier alpha value is -0.900. The lowest BCUT2D eigenvalue weighted by molar-refractivity contribution is -0.0121. The first-order valence-electron chi connectivity index (χ1n) is 8.81. The highest BCUT2D eigenvalue weighted by Gasteiger charge is 2.44. The summed E-state index contributed by atoms with van der Waals surface area (Å²) >= 11 is 0. The van der Waals surface area contributed by atoms with E-state index in [0.29, 0.717) is 6.61 Å². The van der Waals surface area contributed by atoms with Gasteiger partial charge in [0.05, 0.1) is 12.7 Å². The van der Waals surface area contributed by atoms with Gasteiger partial charge in [0, 0.05) is 25.1 Å². The molecule has 1 aromatic carbocycles. The zero-order valence-electron chi connectivity index (χ0n) is 13.5. The summed E-state index contributed by atoms with van der Waals surface area (Å²) in [6.45, 7) is 4.91. The number of hydrogen-bond acceptors (Lipinski definition) is 3. The highest BCUT2D eigenvalue weighted by molar-refractivity contribution is 5.13. The molecule has 2 fully saturated rings. The number of hydrogen-bond donors (Lipinski definition) is 1. The normalized spacial score (nSPS) is 29.2. The molecule has 2 aliphatic rings. The summed E-state index contributed by atoms with van der Waals surface area (Å²) < 4.78 is 5.77. The first kappa shape index (κ1) is 16.0. The minimum absolute atomic E-state index is 0.0652. The molecular formula is C19H29NO2. The molecule has 1 aromatic rings. The number of likely N-dealkylation sites (tertiary alicyclic amines) is 1. The molecule has 1 saturated heterocycles. The molecule has 0 unspecified atom stereocenters. The van der Waals surface area contributed by atoms with Gasteiger partial charge in [-0.2, -0.15) is 0 Å². The Labute approximate surface area is 134 Å². The largest absolute Gasteiger partial charge is 0.393 e. The van der Waals surface area contributed by atoms with Crippen molar-refractivity contribution in [1.29, 1.82) is 0 Å². The SMILES string of the molecule is O[C@@H]1CCC[C@]12CCCN(CCCOCc1ccccc1)C2. The molecule has 3 rings (SSSR count). The highest BCUT2D eigenvalue weighted by atomic mass is 16.5. The van der Waals surface area contributed by atoms with E-state index in [0.717, 1.165) is 32.5 Å². The summed E-state index contributed by atoms with van der Waals surface area (Å²) in [5.41, 5.74) is 1.46. The van der Waals surface area contributed by atoms with E-state index in [9.17, 15) is 5.11 Å². The number of nitrogens with zero attached hydrogens (tertiary/aromatic N) is 1. The molecule has 2 atom stereocenters. The number of ether oxygens (including phenoxy) is 1. The van der Waals surface area contributed by atoms with Gasteiger partial charge >= 0.3 is 0 Å². The number of benzene rings is 1. The van der Waals surface area contributed by atoms with Crippen molar-refractivity contribution in [3.63, 3.8) is 0 Å². The Morgan fingerprint density at radius 3 is 2.77 bits per heavy atom. The minimum Gasteiger partial charge on any atom is -0.393 e. The average molecular weight is 303 g/mol. The topological polar surface area (TPSA) is 32.7 Å². The van der Waals surface area contributed by atoms with Crippen molar-refractivity contribution in [3.8, 4) is 0 Å². The van der Waals surface area contributed by atoms with E-state index < -0.39 is 0 Å². The van der Waals surface area contributed by atoms with Crippen LogP contribution in [0, 0.1) is 5.41 Å². The molecule has 122 valence electrons. The van der Waals surface area contributed by atoms with Crippen molar-refractivity contribution in [2.24, 2.45) is 5.41 Å². The molecule has 0 amide bonds. The van der Waals surface area contributed by atoms with E-state index in [1.54, 1.807) is 0 Å². The van der Waals surface area contributed by atoms with Crippen molar-refractivity contribution in [3.05, 3.63) is 35.9 Å².